The quantitative estimate of drug-likeness (QED) is 0.768. The first kappa shape index (κ1) is 8.53. The van der Waals surface area contributed by atoms with Gasteiger partial charge in [0.2, 0.25) is 0 Å². The third kappa shape index (κ3) is 1.93. The number of aromatic hydroxyl groups is 1. The lowest BCUT2D eigenvalue weighted by atomic mass is 10.1. The lowest BCUT2D eigenvalue weighted by Gasteiger charge is -2.03. The smallest absolute Gasteiger partial charge is 0.129 e. The van der Waals surface area contributed by atoms with E-state index in [1.54, 1.807) is 12.1 Å². The van der Waals surface area contributed by atoms with Crippen LogP contribution < -0.4 is 0 Å². The van der Waals surface area contributed by atoms with Gasteiger partial charge in [-0.25, -0.2) is 4.39 Å². The van der Waals surface area contributed by atoms with Crippen LogP contribution in [-0.4, -0.2) is 5.11 Å². The van der Waals surface area contributed by atoms with E-state index in [0.29, 0.717) is 10.0 Å². The van der Waals surface area contributed by atoms with Crippen LogP contribution in [0.3, 0.4) is 0 Å². The average molecular weight is 219 g/mol. The lowest BCUT2D eigenvalue weighted by Crippen LogP contribution is -1.84. The Morgan fingerprint density at radius 2 is 2.18 bits per heavy atom. The van der Waals surface area contributed by atoms with Gasteiger partial charge in [0, 0.05) is 0 Å². The van der Waals surface area contributed by atoms with Gasteiger partial charge in [-0.15, -0.1) is 0 Å². The maximum Gasteiger partial charge on any atom is 0.129 e. The molecule has 0 radical (unpaired) electrons. The first-order chi connectivity index (χ1) is 5.11. The van der Waals surface area contributed by atoms with Crippen molar-refractivity contribution >= 4 is 15.9 Å². The van der Waals surface area contributed by atoms with E-state index in [-0.39, 0.29) is 5.75 Å². The molecule has 1 rings (SSSR count). The Labute approximate surface area is 73.0 Å². The summed E-state index contributed by atoms with van der Waals surface area (Å²) in [5, 5.41) is 9.06. The van der Waals surface area contributed by atoms with Crippen molar-refractivity contribution in [3.8, 4) is 5.75 Å². The molecule has 1 nitrogen and oxygen atoms in total. The summed E-state index contributed by atoms with van der Waals surface area (Å²) < 4.78 is 13.2. The number of rotatable bonds is 1. The number of hydrogen-bond donors (Lipinski definition) is 1. The number of hydrogen-bond acceptors (Lipinski definition) is 1. The van der Waals surface area contributed by atoms with Gasteiger partial charge in [0.05, 0.1) is 4.47 Å². The molecule has 1 aromatic carbocycles. The van der Waals surface area contributed by atoms with Gasteiger partial charge in [-0.1, -0.05) is 6.07 Å². The molecule has 1 atom stereocenters. The van der Waals surface area contributed by atoms with Gasteiger partial charge in [0.25, 0.3) is 0 Å². The van der Waals surface area contributed by atoms with Crippen molar-refractivity contribution in [1.29, 1.82) is 0 Å². The normalized spacial score (nSPS) is 13.0. The van der Waals surface area contributed by atoms with Crippen LogP contribution in [0, 0.1) is 0 Å². The second kappa shape index (κ2) is 3.22. The van der Waals surface area contributed by atoms with Gasteiger partial charge in [0.1, 0.15) is 11.9 Å². The summed E-state index contributed by atoms with van der Waals surface area (Å²) >= 11 is 3.10. The number of alkyl halides is 1. The minimum atomic E-state index is -0.994. The van der Waals surface area contributed by atoms with E-state index in [9.17, 15) is 4.39 Å². The predicted octanol–water partition coefficient (Wildman–Crippen LogP) is 3.19. The van der Waals surface area contributed by atoms with Gasteiger partial charge in [-0.3, -0.25) is 0 Å². The van der Waals surface area contributed by atoms with Crippen molar-refractivity contribution in [1.82, 2.24) is 0 Å². The molecule has 0 fully saturated rings. The fourth-order valence-corrected chi connectivity index (χ4v) is 1.17. The average Bonchev–Trinajstić information content (AvgIpc) is 1.94. The summed E-state index contributed by atoms with van der Waals surface area (Å²) in [5.41, 5.74) is 0.565. The summed E-state index contributed by atoms with van der Waals surface area (Å²) in [6.07, 6.45) is -0.994. The molecule has 0 saturated carbocycles. The first-order valence-electron chi connectivity index (χ1n) is 3.23. The Morgan fingerprint density at radius 1 is 1.55 bits per heavy atom. The highest BCUT2D eigenvalue weighted by atomic mass is 79.9. The van der Waals surface area contributed by atoms with Gasteiger partial charge >= 0.3 is 0 Å². The summed E-state index contributed by atoms with van der Waals surface area (Å²) in [4.78, 5) is 0. The zero-order valence-electron chi connectivity index (χ0n) is 6.01. The number of phenolic OH excluding ortho intramolecular Hbond substituents is 1. The van der Waals surface area contributed by atoms with Gasteiger partial charge in [-0.2, -0.15) is 0 Å². The molecule has 0 heterocycles. The van der Waals surface area contributed by atoms with Crippen molar-refractivity contribution in [3.63, 3.8) is 0 Å². The number of halogens is 2. The minimum absolute atomic E-state index is 0.134. The van der Waals surface area contributed by atoms with E-state index < -0.39 is 6.17 Å². The Bertz CT molecular complexity index is 260. The Morgan fingerprint density at radius 3 is 2.64 bits per heavy atom. The van der Waals surface area contributed by atoms with Crippen LogP contribution in [0.15, 0.2) is 22.7 Å². The molecule has 0 saturated heterocycles. The molecule has 1 N–H and O–H groups in total. The van der Waals surface area contributed by atoms with Crippen molar-refractivity contribution in [3.05, 3.63) is 28.2 Å². The Kier molecular flexibility index (Phi) is 2.49. The predicted molar refractivity (Wildman–Crippen MR) is 45.3 cm³/mol. The molecule has 0 spiro atoms. The van der Waals surface area contributed by atoms with Gasteiger partial charge in [-0.05, 0) is 40.5 Å². The molecule has 11 heavy (non-hydrogen) atoms. The van der Waals surface area contributed by atoms with Crippen LogP contribution in [0.2, 0.25) is 0 Å². The zero-order chi connectivity index (χ0) is 8.43. The van der Waals surface area contributed by atoms with Crippen molar-refractivity contribution in [2.24, 2.45) is 0 Å². The highest BCUT2D eigenvalue weighted by molar-refractivity contribution is 9.10. The van der Waals surface area contributed by atoms with Crippen molar-refractivity contribution < 1.29 is 9.50 Å². The second-order valence-electron chi connectivity index (χ2n) is 2.33. The second-order valence-corrected chi connectivity index (χ2v) is 3.18. The molecular weight excluding hydrogens is 211 g/mol. The van der Waals surface area contributed by atoms with Crippen LogP contribution >= 0.6 is 15.9 Å². The minimum Gasteiger partial charge on any atom is -0.507 e. The molecule has 0 aliphatic carbocycles. The largest absolute Gasteiger partial charge is 0.507 e. The van der Waals surface area contributed by atoms with Gasteiger partial charge < -0.3 is 5.11 Å². The van der Waals surface area contributed by atoms with Crippen LogP contribution in [0.1, 0.15) is 18.7 Å². The van der Waals surface area contributed by atoms with Crippen LogP contribution in [0.5, 0.6) is 5.75 Å². The van der Waals surface area contributed by atoms with E-state index in [2.05, 4.69) is 15.9 Å². The monoisotopic (exact) mass is 218 g/mol. The van der Waals surface area contributed by atoms with E-state index in [1.165, 1.54) is 13.0 Å². The summed E-state index contributed by atoms with van der Waals surface area (Å²) in [6.45, 7) is 1.46. The molecule has 3 heteroatoms. The molecule has 1 unspecified atom stereocenters. The summed E-state index contributed by atoms with van der Waals surface area (Å²) in [6, 6.07) is 4.60. The first-order valence-corrected chi connectivity index (χ1v) is 4.03. The van der Waals surface area contributed by atoms with E-state index in [4.69, 9.17) is 5.11 Å². The molecule has 0 bridgehead atoms. The Balaban J connectivity index is 3.05. The SMILES string of the molecule is CC(F)c1ccc(O)c(Br)c1. The fourth-order valence-electron chi connectivity index (χ4n) is 0.771. The summed E-state index contributed by atoms with van der Waals surface area (Å²) in [7, 11) is 0. The highest BCUT2D eigenvalue weighted by Gasteiger charge is 2.04. The van der Waals surface area contributed by atoms with E-state index in [0.717, 1.165) is 0 Å². The van der Waals surface area contributed by atoms with E-state index >= 15 is 0 Å². The number of phenols is 1. The lowest BCUT2D eigenvalue weighted by molar-refractivity contribution is 0.373. The highest BCUT2D eigenvalue weighted by Crippen LogP contribution is 2.27. The number of benzene rings is 1. The maximum absolute atomic E-state index is 12.6. The van der Waals surface area contributed by atoms with Crippen LogP contribution in [-0.2, 0) is 0 Å². The molecule has 1 aromatic rings. The third-order valence-corrected chi connectivity index (χ3v) is 2.07. The van der Waals surface area contributed by atoms with Gasteiger partial charge in [0.15, 0.2) is 0 Å². The van der Waals surface area contributed by atoms with Crippen molar-refractivity contribution in [2.75, 3.05) is 0 Å². The van der Waals surface area contributed by atoms with E-state index in [1.807, 2.05) is 0 Å². The topological polar surface area (TPSA) is 20.2 Å². The summed E-state index contributed by atoms with van der Waals surface area (Å²) in [5.74, 6) is 0.134. The molecule has 60 valence electrons. The maximum atomic E-state index is 12.6. The molecular formula is C8H8BrFO. The molecule has 0 aromatic heterocycles. The van der Waals surface area contributed by atoms with Crippen molar-refractivity contribution in [2.45, 2.75) is 13.1 Å². The molecule has 0 amide bonds. The fraction of sp³-hybridized carbons (Fsp3) is 0.250. The molecule has 0 aliphatic rings. The standard InChI is InChI=1S/C8H8BrFO/c1-5(10)6-2-3-8(11)7(9)4-6/h2-5,11H,1H3. The van der Waals surface area contributed by atoms with Crippen LogP contribution in [0.25, 0.3) is 0 Å². The molecule has 0 aliphatic heterocycles. The zero-order valence-corrected chi connectivity index (χ0v) is 7.60. The van der Waals surface area contributed by atoms with Crippen LogP contribution in [0.4, 0.5) is 4.39 Å². The Hall–Kier alpha value is -0.570. The third-order valence-electron chi connectivity index (χ3n) is 1.43.